The van der Waals surface area contributed by atoms with Crippen LogP contribution in [0.2, 0.25) is 0 Å². The third-order valence-electron chi connectivity index (χ3n) is 6.64. The molecule has 0 aliphatic rings. The molecule has 2 amide bonds. The average Bonchev–Trinajstić information content (AvgIpc) is 2.96. The molecule has 0 bridgehead atoms. The first-order valence-corrected chi connectivity index (χ1v) is 15.7. The SMILES string of the molecule is COc1cccc(N(CCCC(=O)N(Cc2ccccc2)[C@@H](Cc2ccccc2)C(=O)NCC(C)C)S(C)(=O)=O)c1. The summed E-state index contributed by atoms with van der Waals surface area (Å²) in [6, 6.07) is 25.3. The van der Waals surface area contributed by atoms with Gasteiger partial charge in [-0.15, -0.1) is 0 Å². The standard InChI is InChI=1S/C32H41N3O5S/c1-25(2)23-33-32(37)30(21-26-13-7-5-8-14-26)34(24-27-15-9-6-10-16-27)31(36)19-12-20-35(41(4,38)39)28-17-11-18-29(22-28)40-3/h5-11,13-18,22,25,30H,12,19-21,23-24H2,1-4H3,(H,33,37)/t30-/m0/s1. The van der Waals surface area contributed by atoms with Crippen LogP contribution < -0.4 is 14.4 Å². The number of hydrogen-bond donors (Lipinski definition) is 1. The number of nitrogens with one attached hydrogen (secondary N) is 1. The topological polar surface area (TPSA) is 96.0 Å². The highest BCUT2D eigenvalue weighted by Crippen LogP contribution is 2.24. The maximum atomic E-state index is 13.8. The van der Waals surface area contributed by atoms with E-state index >= 15 is 0 Å². The smallest absolute Gasteiger partial charge is 0.243 e. The summed E-state index contributed by atoms with van der Waals surface area (Å²) < 4.78 is 31.8. The summed E-state index contributed by atoms with van der Waals surface area (Å²) in [4.78, 5) is 29.0. The summed E-state index contributed by atoms with van der Waals surface area (Å²) >= 11 is 0. The number of hydrogen-bond acceptors (Lipinski definition) is 5. The summed E-state index contributed by atoms with van der Waals surface area (Å²) in [5, 5.41) is 3.02. The lowest BCUT2D eigenvalue weighted by atomic mass is 10.0. The Morgan fingerprint density at radius 2 is 1.54 bits per heavy atom. The minimum absolute atomic E-state index is 0.0750. The van der Waals surface area contributed by atoms with Crippen molar-refractivity contribution in [3.8, 4) is 5.75 Å². The molecule has 0 unspecified atom stereocenters. The minimum atomic E-state index is -3.61. The molecular formula is C32H41N3O5S. The maximum Gasteiger partial charge on any atom is 0.243 e. The third kappa shape index (κ3) is 9.93. The molecule has 0 fully saturated rings. The fourth-order valence-corrected chi connectivity index (χ4v) is 5.48. The molecule has 0 radical (unpaired) electrons. The van der Waals surface area contributed by atoms with Crippen LogP contribution >= 0.6 is 0 Å². The van der Waals surface area contributed by atoms with Gasteiger partial charge >= 0.3 is 0 Å². The van der Waals surface area contributed by atoms with Crippen molar-refractivity contribution in [1.82, 2.24) is 10.2 Å². The molecule has 3 aromatic carbocycles. The lowest BCUT2D eigenvalue weighted by Crippen LogP contribution is -2.51. The molecule has 220 valence electrons. The summed E-state index contributed by atoms with van der Waals surface area (Å²) in [7, 11) is -2.09. The van der Waals surface area contributed by atoms with Crippen LogP contribution in [0.3, 0.4) is 0 Å². The molecule has 0 aromatic heterocycles. The molecule has 0 heterocycles. The van der Waals surface area contributed by atoms with Gasteiger partial charge < -0.3 is 15.0 Å². The molecule has 0 spiro atoms. The van der Waals surface area contributed by atoms with E-state index in [1.54, 1.807) is 29.2 Å². The zero-order valence-electron chi connectivity index (χ0n) is 24.3. The van der Waals surface area contributed by atoms with Gasteiger partial charge in [0.15, 0.2) is 0 Å². The van der Waals surface area contributed by atoms with Crippen LogP contribution in [0.25, 0.3) is 0 Å². The van der Waals surface area contributed by atoms with E-state index in [1.807, 2.05) is 74.5 Å². The van der Waals surface area contributed by atoms with Gasteiger partial charge in [-0.2, -0.15) is 0 Å². The quantitative estimate of drug-likeness (QED) is 0.283. The number of benzene rings is 3. The van der Waals surface area contributed by atoms with Crippen LogP contribution in [0.1, 0.15) is 37.8 Å². The van der Waals surface area contributed by atoms with E-state index in [4.69, 9.17) is 4.74 Å². The molecule has 9 heteroatoms. The van der Waals surface area contributed by atoms with E-state index in [-0.39, 0.29) is 43.7 Å². The molecule has 0 saturated carbocycles. The van der Waals surface area contributed by atoms with Crippen molar-refractivity contribution in [2.24, 2.45) is 5.92 Å². The lowest BCUT2D eigenvalue weighted by molar-refractivity contribution is -0.141. The van der Waals surface area contributed by atoms with E-state index in [1.165, 1.54) is 11.4 Å². The Morgan fingerprint density at radius 3 is 2.12 bits per heavy atom. The predicted molar refractivity (Wildman–Crippen MR) is 163 cm³/mol. The van der Waals surface area contributed by atoms with Crippen LogP contribution in [0.15, 0.2) is 84.9 Å². The van der Waals surface area contributed by atoms with Crippen molar-refractivity contribution in [1.29, 1.82) is 0 Å². The number of carbonyl (C=O) groups excluding carboxylic acids is 2. The highest BCUT2D eigenvalue weighted by atomic mass is 32.2. The highest BCUT2D eigenvalue weighted by molar-refractivity contribution is 7.92. The summed E-state index contributed by atoms with van der Waals surface area (Å²) in [6.07, 6.45) is 1.86. The van der Waals surface area contributed by atoms with Gasteiger partial charge in [-0.1, -0.05) is 80.6 Å². The first-order valence-electron chi connectivity index (χ1n) is 13.8. The molecule has 1 atom stereocenters. The van der Waals surface area contributed by atoms with Crippen molar-refractivity contribution in [3.63, 3.8) is 0 Å². The highest BCUT2D eigenvalue weighted by Gasteiger charge is 2.30. The zero-order chi connectivity index (χ0) is 29.8. The Morgan fingerprint density at radius 1 is 0.902 bits per heavy atom. The van der Waals surface area contributed by atoms with Crippen LogP contribution in [-0.4, -0.2) is 57.6 Å². The van der Waals surface area contributed by atoms with E-state index in [2.05, 4.69) is 5.32 Å². The van der Waals surface area contributed by atoms with Crippen molar-refractivity contribution in [2.45, 2.75) is 45.7 Å². The van der Waals surface area contributed by atoms with E-state index in [0.717, 1.165) is 17.4 Å². The molecule has 41 heavy (non-hydrogen) atoms. The van der Waals surface area contributed by atoms with E-state index in [9.17, 15) is 18.0 Å². The van der Waals surface area contributed by atoms with Gasteiger partial charge in [0.2, 0.25) is 21.8 Å². The number of sulfonamides is 1. The molecule has 0 saturated heterocycles. The van der Waals surface area contributed by atoms with Crippen molar-refractivity contribution < 1.29 is 22.7 Å². The summed E-state index contributed by atoms with van der Waals surface area (Å²) in [6.45, 7) is 4.92. The van der Waals surface area contributed by atoms with Crippen molar-refractivity contribution >= 4 is 27.5 Å². The number of ether oxygens (including phenoxy) is 1. The summed E-state index contributed by atoms with van der Waals surface area (Å²) in [5.74, 6) is 0.375. The Kier molecular flexibility index (Phi) is 11.8. The summed E-state index contributed by atoms with van der Waals surface area (Å²) in [5.41, 5.74) is 2.32. The Labute approximate surface area is 244 Å². The van der Waals surface area contributed by atoms with Crippen LogP contribution in [0.5, 0.6) is 5.75 Å². The molecular weight excluding hydrogens is 538 g/mol. The second-order valence-electron chi connectivity index (χ2n) is 10.5. The van der Waals surface area contributed by atoms with Crippen LogP contribution in [-0.2, 0) is 32.6 Å². The Hall–Kier alpha value is -3.85. The fourth-order valence-electron chi connectivity index (χ4n) is 4.53. The molecule has 3 aromatic rings. The molecule has 0 aliphatic carbocycles. The second-order valence-corrected chi connectivity index (χ2v) is 12.4. The van der Waals surface area contributed by atoms with Gasteiger partial charge in [0.1, 0.15) is 11.8 Å². The Balaban J connectivity index is 1.86. The van der Waals surface area contributed by atoms with Gasteiger partial charge in [-0.05, 0) is 35.6 Å². The maximum absolute atomic E-state index is 13.8. The van der Waals surface area contributed by atoms with Gasteiger partial charge in [0, 0.05) is 38.5 Å². The van der Waals surface area contributed by atoms with Gasteiger partial charge in [0.25, 0.3) is 0 Å². The van der Waals surface area contributed by atoms with Crippen molar-refractivity contribution in [2.75, 3.05) is 30.8 Å². The predicted octanol–water partition coefficient (Wildman–Crippen LogP) is 4.65. The second kappa shape index (κ2) is 15.2. The minimum Gasteiger partial charge on any atom is -0.497 e. The van der Waals surface area contributed by atoms with E-state index in [0.29, 0.717) is 24.4 Å². The first kappa shape index (κ1) is 31.7. The third-order valence-corrected chi connectivity index (χ3v) is 7.84. The van der Waals surface area contributed by atoms with Crippen LogP contribution in [0, 0.1) is 5.92 Å². The lowest BCUT2D eigenvalue weighted by Gasteiger charge is -2.32. The van der Waals surface area contributed by atoms with Gasteiger partial charge in [-0.25, -0.2) is 8.42 Å². The number of methoxy groups -OCH3 is 1. The normalized spacial score (nSPS) is 12.0. The van der Waals surface area contributed by atoms with Crippen molar-refractivity contribution in [3.05, 3.63) is 96.1 Å². The monoisotopic (exact) mass is 579 g/mol. The molecule has 0 aliphatic heterocycles. The number of carbonyl (C=O) groups is 2. The number of nitrogens with zero attached hydrogens (tertiary/aromatic N) is 2. The zero-order valence-corrected chi connectivity index (χ0v) is 25.1. The van der Waals surface area contributed by atoms with Crippen LogP contribution in [0.4, 0.5) is 5.69 Å². The first-order chi connectivity index (χ1) is 19.6. The molecule has 8 nitrogen and oxygen atoms in total. The van der Waals surface area contributed by atoms with Gasteiger partial charge in [0.05, 0.1) is 19.1 Å². The van der Waals surface area contributed by atoms with Gasteiger partial charge in [-0.3, -0.25) is 13.9 Å². The van der Waals surface area contributed by atoms with E-state index < -0.39 is 16.1 Å². The largest absolute Gasteiger partial charge is 0.497 e. The number of amides is 2. The fraction of sp³-hybridized carbons (Fsp3) is 0.375. The average molecular weight is 580 g/mol. The number of rotatable bonds is 15. The molecule has 3 rings (SSSR count). The number of anilines is 1. The Bertz CT molecular complexity index is 1360. The molecule has 1 N–H and O–H groups in total.